The first-order chi connectivity index (χ1) is 15.8. The predicted molar refractivity (Wildman–Crippen MR) is 127 cm³/mol. The molecule has 1 atom stereocenters. The van der Waals surface area contributed by atoms with Crippen molar-refractivity contribution in [2.45, 2.75) is 59.3 Å². The maximum Gasteiger partial charge on any atom is 0.245 e. The predicted octanol–water partition coefficient (Wildman–Crippen LogP) is 3.28. The zero-order valence-corrected chi connectivity index (χ0v) is 19.5. The van der Waals surface area contributed by atoms with Crippen LogP contribution in [0, 0.1) is 12.7 Å². The number of amides is 2. The van der Waals surface area contributed by atoms with Gasteiger partial charge >= 0.3 is 0 Å². The van der Waals surface area contributed by atoms with Crippen molar-refractivity contribution in [2.75, 3.05) is 6.54 Å². The highest BCUT2D eigenvalue weighted by Gasteiger charge is 2.24. The molecular formula is C25H32FN5O2. The summed E-state index contributed by atoms with van der Waals surface area (Å²) in [5.41, 5.74) is 8.32. The van der Waals surface area contributed by atoms with Crippen LogP contribution >= 0.6 is 0 Å². The van der Waals surface area contributed by atoms with Crippen LogP contribution < -0.4 is 11.1 Å². The van der Waals surface area contributed by atoms with Crippen LogP contribution in [0.4, 0.5) is 4.39 Å². The highest BCUT2D eigenvalue weighted by Crippen LogP contribution is 2.19. The van der Waals surface area contributed by atoms with Gasteiger partial charge in [0.05, 0.1) is 17.8 Å². The summed E-state index contributed by atoms with van der Waals surface area (Å²) in [5.74, 6) is -0.865. The number of hydrogen-bond donors (Lipinski definition) is 2. The number of halogens is 1. The average molecular weight is 454 g/mol. The molecule has 0 fully saturated rings. The lowest BCUT2D eigenvalue weighted by Gasteiger charge is -2.29. The Hall–Kier alpha value is -3.26. The van der Waals surface area contributed by atoms with Gasteiger partial charge in [-0.1, -0.05) is 49.7 Å². The van der Waals surface area contributed by atoms with Crippen molar-refractivity contribution >= 4 is 22.7 Å². The van der Waals surface area contributed by atoms with Crippen molar-refractivity contribution in [3.8, 4) is 0 Å². The van der Waals surface area contributed by atoms with Crippen molar-refractivity contribution in [1.29, 1.82) is 0 Å². The molecule has 3 rings (SSSR count). The van der Waals surface area contributed by atoms with Gasteiger partial charge in [-0.25, -0.2) is 4.39 Å². The van der Waals surface area contributed by atoms with E-state index in [2.05, 4.69) is 10.4 Å². The van der Waals surface area contributed by atoms with Gasteiger partial charge in [0.1, 0.15) is 12.4 Å². The number of hydrogen-bond acceptors (Lipinski definition) is 4. The number of rotatable bonds is 10. The Bertz CT molecular complexity index is 1130. The van der Waals surface area contributed by atoms with Gasteiger partial charge in [0, 0.05) is 30.1 Å². The van der Waals surface area contributed by atoms with Crippen molar-refractivity contribution in [1.82, 2.24) is 20.0 Å². The monoisotopic (exact) mass is 453 g/mol. The molecule has 0 saturated heterocycles. The standard InChI is InChI=1S/C25H32FN5O2/c1-4-8-18(3)30(15-23(32)28-14-19-10-7-9-17(2)25(19)26)24(33)16-31-22-12-6-5-11-20(22)21(13-27)29-31/h5-7,9-12,18H,4,8,13-16,27H2,1-3H3,(H,28,32)/t18-/m0/s1. The van der Waals surface area contributed by atoms with Gasteiger partial charge in [-0.2, -0.15) is 5.10 Å². The van der Waals surface area contributed by atoms with Crippen molar-refractivity contribution in [2.24, 2.45) is 5.73 Å². The van der Waals surface area contributed by atoms with Gasteiger partial charge in [0.15, 0.2) is 0 Å². The molecule has 33 heavy (non-hydrogen) atoms. The molecule has 8 heteroatoms. The summed E-state index contributed by atoms with van der Waals surface area (Å²) in [7, 11) is 0. The smallest absolute Gasteiger partial charge is 0.245 e. The van der Waals surface area contributed by atoms with Gasteiger partial charge in [0.2, 0.25) is 11.8 Å². The molecule has 3 aromatic rings. The SMILES string of the molecule is CCC[C@H](C)N(CC(=O)NCc1cccc(C)c1F)C(=O)Cn1nc(CN)c2ccccc21. The zero-order valence-electron chi connectivity index (χ0n) is 19.5. The Morgan fingerprint density at radius 1 is 1.21 bits per heavy atom. The molecule has 0 saturated carbocycles. The van der Waals surface area contributed by atoms with Crippen molar-refractivity contribution in [3.63, 3.8) is 0 Å². The van der Waals surface area contributed by atoms with E-state index in [0.29, 0.717) is 11.1 Å². The van der Waals surface area contributed by atoms with Crippen LogP contribution in [0.25, 0.3) is 10.9 Å². The summed E-state index contributed by atoms with van der Waals surface area (Å²) in [5, 5.41) is 8.17. The Labute approximate surface area is 193 Å². The van der Waals surface area contributed by atoms with E-state index in [1.54, 1.807) is 34.7 Å². The Morgan fingerprint density at radius 3 is 2.70 bits per heavy atom. The highest BCUT2D eigenvalue weighted by atomic mass is 19.1. The lowest BCUT2D eigenvalue weighted by molar-refractivity contribution is -0.138. The molecule has 1 heterocycles. The second-order valence-electron chi connectivity index (χ2n) is 8.31. The summed E-state index contributed by atoms with van der Waals surface area (Å²) in [6, 6.07) is 12.6. The number of benzene rings is 2. The number of aryl methyl sites for hydroxylation is 1. The van der Waals surface area contributed by atoms with E-state index in [0.717, 1.165) is 29.4 Å². The summed E-state index contributed by atoms with van der Waals surface area (Å²) >= 11 is 0. The second-order valence-corrected chi connectivity index (χ2v) is 8.31. The first-order valence-electron chi connectivity index (χ1n) is 11.3. The molecule has 176 valence electrons. The largest absolute Gasteiger partial charge is 0.350 e. The van der Waals surface area contributed by atoms with E-state index in [1.165, 1.54) is 0 Å². The van der Waals surface area contributed by atoms with Crippen LogP contribution in [-0.4, -0.2) is 39.1 Å². The second kappa shape index (κ2) is 11.0. The van der Waals surface area contributed by atoms with Gasteiger partial charge < -0.3 is 16.0 Å². The molecule has 0 radical (unpaired) electrons. The molecule has 0 unspecified atom stereocenters. The maximum atomic E-state index is 14.2. The fraction of sp³-hybridized carbons (Fsp3) is 0.400. The fourth-order valence-corrected chi connectivity index (χ4v) is 4.00. The number of aromatic nitrogens is 2. The van der Waals surface area contributed by atoms with E-state index in [4.69, 9.17) is 5.73 Å². The molecule has 0 bridgehead atoms. The number of carbonyl (C=O) groups excluding carboxylic acids is 2. The number of fused-ring (bicyclic) bond motifs is 1. The fourth-order valence-electron chi connectivity index (χ4n) is 4.00. The first-order valence-corrected chi connectivity index (χ1v) is 11.3. The van der Waals surface area contributed by atoms with Crippen LogP contribution in [0.1, 0.15) is 43.5 Å². The van der Waals surface area contributed by atoms with Gasteiger partial charge in [-0.15, -0.1) is 0 Å². The number of carbonyl (C=O) groups is 2. The normalized spacial score (nSPS) is 12.0. The molecule has 0 aliphatic rings. The van der Waals surface area contributed by atoms with E-state index in [1.807, 2.05) is 38.1 Å². The Balaban J connectivity index is 1.73. The molecule has 0 aliphatic carbocycles. The minimum Gasteiger partial charge on any atom is -0.350 e. The van der Waals surface area contributed by atoms with E-state index >= 15 is 0 Å². The first kappa shape index (κ1) is 24.4. The molecule has 7 nitrogen and oxygen atoms in total. The average Bonchev–Trinajstić information content (AvgIpc) is 3.16. The third-order valence-electron chi connectivity index (χ3n) is 5.83. The van der Waals surface area contributed by atoms with Crippen LogP contribution in [-0.2, 0) is 29.2 Å². The number of nitrogens with two attached hydrogens (primary N) is 1. The van der Waals surface area contributed by atoms with Crippen LogP contribution in [0.5, 0.6) is 0 Å². The number of nitrogens with one attached hydrogen (secondary N) is 1. The lowest BCUT2D eigenvalue weighted by atomic mass is 10.1. The third kappa shape index (κ3) is 5.76. The number of para-hydroxylation sites is 1. The summed E-state index contributed by atoms with van der Waals surface area (Å²) in [4.78, 5) is 27.5. The summed E-state index contributed by atoms with van der Waals surface area (Å²) in [6.07, 6.45) is 1.64. The minimum absolute atomic E-state index is 0.00829. The molecular weight excluding hydrogens is 421 g/mol. The summed E-state index contributed by atoms with van der Waals surface area (Å²) < 4.78 is 15.9. The van der Waals surface area contributed by atoms with Gasteiger partial charge in [-0.05, 0) is 31.9 Å². The Morgan fingerprint density at radius 2 is 1.97 bits per heavy atom. The molecule has 1 aromatic heterocycles. The van der Waals surface area contributed by atoms with Crippen LogP contribution in [0.2, 0.25) is 0 Å². The van der Waals surface area contributed by atoms with Crippen LogP contribution in [0.3, 0.4) is 0 Å². The molecule has 2 aromatic carbocycles. The maximum absolute atomic E-state index is 14.2. The van der Waals surface area contributed by atoms with Crippen LogP contribution in [0.15, 0.2) is 42.5 Å². The highest BCUT2D eigenvalue weighted by molar-refractivity contribution is 5.87. The van der Waals surface area contributed by atoms with E-state index in [9.17, 15) is 14.0 Å². The summed E-state index contributed by atoms with van der Waals surface area (Å²) in [6.45, 7) is 5.90. The van der Waals surface area contributed by atoms with E-state index in [-0.39, 0.29) is 49.9 Å². The van der Waals surface area contributed by atoms with Gasteiger partial charge in [0.25, 0.3) is 0 Å². The molecule has 0 spiro atoms. The zero-order chi connectivity index (χ0) is 24.0. The van der Waals surface area contributed by atoms with Gasteiger partial charge in [-0.3, -0.25) is 14.3 Å². The van der Waals surface area contributed by atoms with Crippen molar-refractivity contribution < 1.29 is 14.0 Å². The van der Waals surface area contributed by atoms with E-state index < -0.39 is 0 Å². The number of nitrogens with zero attached hydrogens (tertiary/aromatic N) is 3. The molecule has 3 N–H and O–H groups in total. The lowest BCUT2D eigenvalue weighted by Crippen LogP contribution is -2.46. The Kier molecular flexibility index (Phi) is 8.16. The minimum atomic E-state index is -0.333. The topological polar surface area (TPSA) is 93.2 Å². The van der Waals surface area contributed by atoms with Crippen molar-refractivity contribution in [3.05, 3.63) is 65.1 Å². The molecule has 2 amide bonds. The quantitative estimate of drug-likeness (QED) is 0.493. The third-order valence-corrected chi connectivity index (χ3v) is 5.83. The molecule has 0 aliphatic heterocycles.